The van der Waals surface area contributed by atoms with Gasteiger partial charge in [0.1, 0.15) is 24.8 Å². The van der Waals surface area contributed by atoms with Gasteiger partial charge in [0.2, 0.25) is 11.8 Å². The SMILES string of the molecule is CC1C[C@@H](Oc2cccc(OCc3ccccc3)n2)C[N+]1(C(=O)O)C(=O)OC(C)(C)C. The molecule has 1 aromatic heterocycles. The van der Waals surface area contributed by atoms with E-state index in [0.29, 0.717) is 24.8 Å². The maximum absolute atomic E-state index is 12.8. The van der Waals surface area contributed by atoms with Crippen molar-refractivity contribution in [2.45, 2.75) is 58.5 Å². The van der Waals surface area contributed by atoms with Crippen molar-refractivity contribution in [3.63, 3.8) is 0 Å². The van der Waals surface area contributed by atoms with Crippen molar-refractivity contribution >= 4 is 12.2 Å². The van der Waals surface area contributed by atoms with Crippen molar-refractivity contribution in [1.29, 1.82) is 0 Å². The Kier molecular flexibility index (Phi) is 6.50. The molecule has 1 aliphatic heterocycles. The Hall–Kier alpha value is -3.13. The average molecular weight is 429 g/mol. The monoisotopic (exact) mass is 429 g/mol. The van der Waals surface area contributed by atoms with Crippen molar-refractivity contribution < 1.29 is 33.4 Å². The summed E-state index contributed by atoms with van der Waals surface area (Å²) < 4.78 is 16.3. The molecule has 8 heteroatoms. The first-order chi connectivity index (χ1) is 14.6. The van der Waals surface area contributed by atoms with Crippen LogP contribution in [0.15, 0.2) is 48.5 Å². The summed E-state index contributed by atoms with van der Waals surface area (Å²) in [6, 6.07) is 14.4. The Bertz CT molecular complexity index is 927. The van der Waals surface area contributed by atoms with Crippen LogP contribution in [-0.2, 0) is 11.3 Å². The number of likely N-dealkylation sites (tertiary alicyclic amines) is 1. The number of carbonyl (C=O) groups excluding carboxylic acids is 1. The van der Waals surface area contributed by atoms with E-state index in [1.54, 1.807) is 45.9 Å². The summed E-state index contributed by atoms with van der Waals surface area (Å²) in [4.78, 5) is 29.3. The van der Waals surface area contributed by atoms with Gasteiger partial charge < -0.3 is 19.3 Å². The first kappa shape index (κ1) is 22.6. The van der Waals surface area contributed by atoms with Gasteiger partial charge in [-0.25, -0.2) is 0 Å². The molecule has 3 rings (SSSR count). The molecule has 2 amide bonds. The third-order valence-corrected chi connectivity index (χ3v) is 5.12. The summed E-state index contributed by atoms with van der Waals surface area (Å²) in [6.45, 7) is 7.18. The molecule has 0 aliphatic carbocycles. The van der Waals surface area contributed by atoms with Crippen LogP contribution in [-0.4, -0.2) is 51.1 Å². The number of pyridine rings is 1. The fourth-order valence-electron chi connectivity index (χ4n) is 3.61. The fraction of sp³-hybridized carbons (Fsp3) is 0.435. The molecule has 1 aliphatic rings. The molecule has 1 aromatic carbocycles. The maximum Gasteiger partial charge on any atom is 0.527 e. The number of rotatable bonds is 5. The third-order valence-electron chi connectivity index (χ3n) is 5.12. The number of aromatic nitrogens is 1. The van der Waals surface area contributed by atoms with Crippen molar-refractivity contribution in [3.05, 3.63) is 54.1 Å². The molecule has 1 saturated heterocycles. The molecule has 31 heavy (non-hydrogen) atoms. The van der Waals surface area contributed by atoms with E-state index in [4.69, 9.17) is 14.2 Å². The number of ether oxygens (including phenoxy) is 3. The zero-order valence-electron chi connectivity index (χ0n) is 18.3. The van der Waals surface area contributed by atoms with E-state index in [-0.39, 0.29) is 6.54 Å². The predicted molar refractivity (Wildman–Crippen MR) is 113 cm³/mol. The van der Waals surface area contributed by atoms with E-state index in [1.807, 2.05) is 30.3 Å². The number of hydrogen-bond donors (Lipinski definition) is 1. The molecule has 2 heterocycles. The van der Waals surface area contributed by atoms with Gasteiger partial charge in [0.05, 0.1) is 0 Å². The molecule has 0 spiro atoms. The zero-order chi connectivity index (χ0) is 22.6. The number of quaternary nitrogens is 1. The van der Waals surface area contributed by atoms with E-state index in [2.05, 4.69) is 4.98 Å². The predicted octanol–water partition coefficient (Wildman–Crippen LogP) is 4.63. The van der Waals surface area contributed by atoms with Gasteiger partial charge in [0, 0.05) is 18.6 Å². The number of hydrogen-bond acceptors (Lipinski definition) is 6. The first-order valence-corrected chi connectivity index (χ1v) is 10.3. The van der Waals surface area contributed by atoms with Gasteiger partial charge >= 0.3 is 12.2 Å². The van der Waals surface area contributed by atoms with Crippen LogP contribution in [0.2, 0.25) is 0 Å². The highest BCUT2D eigenvalue weighted by Gasteiger charge is 2.59. The van der Waals surface area contributed by atoms with E-state index < -0.39 is 34.4 Å². The van der Waals surface area contributed by atoms with Crippen LogP contribution in [0.4, 0.5) is 9.59 Å². The quantitative estimate of drug-likeness (QED) is 0.692. The van der Waals surface area contributed by atoms with Crippen LogP contribution in [0.5, 0.6) is 11.8 Å². The Morgan fingerprint density at radius 1 is 1.10 bits per heavy atom. The van der Waals surface area contributed by atoms with Crippen molar-refractivity contribution in [1.82, 2.24) is 4.98 Å². The molecule has 1 N–H and O–H groups in total. The lowest BCUT2D eigenvalue weighted by molar-refractivity contribution is -0.797. The minimum atomic E-state index is -1.25. The molecule has 0 bridgehead atoms. The van der Waals surface area contributed by atoms with Crippen LogP contribution >= 0.6 is 0 Å². The highest BCUT2D eigenvalue weighted by atomic mass is 16.6. The van der Waals surface area contributed by atoms with Crippen LogP contribution in [0.1, 0.15) is 39.7 Å². The number of benzene rings is 1. The van der Waals surface area contributed by atoms with E-state index in [0.717, 1.165) is 5.56 Å². The second kappa shape index (κ2) is 8.93. The van der Waals surface area contributed by atoms with Crippen molar-refractivity contribution in [2.24, 2.45) is 0 Å². The van der Waals surface area contributed by atoms with Gasteiger partial charge in [-0.2, -0.15) is 14.6 Å². The average Bonchev–Trinajstić information content (AvgIpc) is 3.03. The van der Waals surface area contributed by atoms with Gasteiger partial charge in [-0.05, 0) is 33.3 Å². The maximum atomic E-state index is 12.8. The standard InChI is InChI=1S/C23H28N2O6/c1-16-13-18(14-25(16,21(26)27)22(28)31-23(2,3)4)30-20-12-8-11-19(24-20)29-15-17-9-6-5-7-10-17/h5-12,16,18H,13-15H2,1-4H3/p+1/t16?,18-,25?/m1/s1. The van der Waals surface area contributed by atoms with Crippen LogP contribution in [0, 0.1) is 0 Å². The molecule has 8 nitrogen and oxygen atoms in total. The minimum absolute atomic E-state index is 0.0395. The molecule has 2 aromatic rings. The molecular weight excluding hydrogens is 400 g/mol. The molecule has 0 radical (unpaired) electrons. The van der Waals surface area contributed by atoms with E-state index in [1.165, 1.54) is 0 Å². The Morgan fingerprint density at radius 2 is 1.77 bits per heavy atom. The van der Waals surface area contributed by atoms with Gasteiger partial charge in [0.15, 0.2) is 6.10 Å². The zero-order valence-corrected chi connectivity index (χ0v) is 18.3. The Balaban J connectivity index is 1.69. The van der Waals surface area contributed by atoms with Crippen LogP contribution < -0.4 is 9.47 Å². The Morgan fingerprint density at radius 3 is 2.42 bits per heavy atom. The largest absolute Gasteiger partial charge is 0.527 e. The summed E-state index contributed by atoms with van der Waals surface area (Å²) in [5.41, 5.74) is 0.226. The summed E-state index contributed by atoms with van der Waals surface area (Å²) in [7, 11) is 0. The summed E-state index contributed by atoms with van der Waals surface area (Å²) in [6.07, 6.45) is -2.16. The molecule has 2 unspecified atom stereocenters. The summed E-state index contributed by atoms with van der Waals surface area (Å²) in [5.74, 6) is 0.718. The third kappa shape index (κ3) is 5.32. The minimum Gasteiger partial charge on any atom is -0.473 e. The van der Waals surface area contributed by atoms with Gasteiger partial charge in [-0.3, -0.25) is 0 Å². The van der Waals surface area contributed by atoms with Gasteiger partial charge in [0.25, 0.3) is 0 Å². The highest BCUT2D eigenvalue weighted by molar-refractivity contribution is 5.76. The smallest absolute Gasteiger partial charge is 0.473 e. The van der Waals surface area contributed by atoms with Crippen molar-refractivity contribution in [2.75, 3.05) is 6.54 Å². The molecule has 3 atom stereocenters. The summed E-state index contributed by atoms with van der Waals surface area (Å²) in [5, 5.41) is 9.89. The Labute approximate surface area is 182 Å². The fourth-order valence-corrected chi connectivity index (χ4v) is 3.61. The summed E-state index contributed by atoms with van der Waals surface area (Å²) >= 11 is 0. The molecular formula is C23H29N2O6+. The lowest BCUT2D eigenvalue weighted by atomic mass is 10.2. The lowest BCUT2D eigenvalue weighted by Gasteiger charge is -2.31. The highest BCUT2D eigenvalue weighted by Crippen LogP contribution is 2.33. The molecule has 0 saturated carbocycles. The van der Waals surface area contributed by atoms with E-state index >= 15 is 0 Å². The van der Waals surface area contributed by atoms with Crippen LogP contribution in [0.25, 0.3) is 0 Å². The number of imide groups is 1. The first-order valence-electron chi connectivity index (χ1n) is 10.3. The molecule has 1 fully saturated rings. The number of amides is 2. The van der Waals surface area contributed by atoms with Gasteiger partial charge in [-0.15, -0.1) is 4.48 Å². The van der Waals surface area contributed by atoms with Crippen LogP contribution in [0.3, 0.4) is 0 Å². The number of carboxylic acid groups (broad SMARTS) is 1. The van der Waals surface area contributed by atoms with Crippen molar-refractivity contribution in [3.8, 4) is 11.8 Å². The normalized spacial score (nSPS) is 23.2. The van der Waals surface area contributed by atoms with E-state index in [9.17, 15) is 14.7 Å². The molecule has 166 valence electrons. The van der Waals surface area contributed by atoms with Gasteiger partial charge in [-0.1, -0.05) is 36.4 Å². The topological polar surface area (TPSA) is 95.0 Å². The second-order valence-corrected chi connectivity index (χ2v) is 8.73. The number of nitrogens with zero attached hydrogens (tertiary/aromatic N) is 2. The second-order valence-electron chi connectivity index (χ2n) is 8.73. The number of carbonyl (C=O) groups is 2. The lowest BCUT2D eigenvalue weighted by Crippen LogP contribution is -2.60.